The molecular formula is C22H20N4O3S. The van der Waals surface area contributed by atoms with Crippen molar-refractivity contribution in [2.75, 3.05) is 18.0 Å². The number of anilines is 1. The van der Waals surface area contributed by atoms with Gasteiger partial charge >= 0.3 is 0 Å². The minimum Gasteiger partial charge on any atom is -0.366 e. The van der Waals surface area contributed by atoms with E-state index >= 15 is 0 Å². The second kappa shape index (κ2) is 7.21. The molecule has 2 aromatic carbocycles. The van der Waals surface area contributed by atoms with Crippen LogP contribution in [0.1, 0.15) is 25.3 Å². The smallest absolute Gasteiger partial charge is 0.293 e. The molecule has 1 saturated heterocycles. The van der Waals surface area contributed by atoms with Crippen molar-refractivity contribution in [3.63, 3.8) is 0 Å². The zero-order valence-corrected chi connectivity index (χ0v) is 17.3. The SMILES string of the molecule is CC1CCN(c2ccc(/C=c3\sc4nc5ccccc5n4c3=O)cc2[N+](=O)[O-])CC1. The summed E-state index contributed by atoms with van der Waals surface area (Å²) in [4.78, 5) is 31.6. The number of hydrogen-bond donors (Lipinski definition) is 0. The van der Waals surface area contributed by atoms with Gasteiger partial charge in [-0.15, -0.1) is 0 Å². The third-order valence-electron chi connectivity index (χ3n) is 5.76. The Kier molecular flexibility index (Phi) is 4.51. The van der Waals surface area contributed by atoms with Crippen molar-refractivity contribution in [1.82, 2.24) is 9.38 Å². The lowest BCUT2D eigenvalue weighted by Gasteiger charge is -2.31. The molecule has 1 fully saturated rings. The summed E-state index contributed by atoms with van der Waals surface area (Å²) < 4.78 is 2.11. The Labute approximate surface area is 176 Å². The molecule has 0 atom stereocenters. The van der Waals surface area contributed by atoms with E-state index in [0.29, 0.717) is 26.7 Å². The third-order valence-corrected chi connectivity index (χ3v) is 6.73. The standard InChI is InChI=1S/C22H20N4O3S/c1-14-8-10-24(11-9-14)18-7-6-15(12-19(18)26(28)29)13-20-21(27)25-17-5-3-2-4-16(17)23-22(25)30-20/h2-7,12-14H,8-11H2,1H3/b20-13-. The van der Waals surface area contributed by atoms with Crippen LogP contribution in [-0.2, 0) is 0 Å². The Balaban J connectivity index is 1.58. The molecule has 1 aliphatic rings. The summed E-state index contributed by atoms with van der Waals surface area (Å²) >= 11 is 1.29. The zero-order valence-electron chi connectivity index (χ0n) is 16.4. The van der Waals surface area contributed by atoms with E-state index in [2.05, 4.69) is 16.8 Å². The summed E-state index contributed by atoms with van der Waals surface area (Å²) in [6.45, 7) is 3.86. The molecule has 4 aromatic rings. The molecule has 0 amide bonds. The van der Waals surface area contributed by atoms with Gasteiger partial charge in [0.25, 0.3) is 11.2 Å². The highest BCUT2D eigenvalue weighted by atomic mass is 32.1. The second-order valence-corrected chi connectivity index (χ2v) is 8.82. The van der Waals surface area contributed by atoms with Gasteiger partial charge in [-0.05, 0) is 48.6 Å². The topological polar surface area (TPSA) is 80.8 Å². The maximum absolute atomic E-state index is 12.9. The van der Waals surface area contributed by atoms with Gasteiger partial charge in [-0.2, -0.15) is 0 Å². The van der Waals surface area contributed by atoms with Gasteiger partial charge in [-0.25, -0.2) is 9.38 Å². The van der Waals surface area contributed by atoms with E-state index in [0.717, 1.165) is 37.0 Å². The van der Waals surface area contributed by atoms with Crippen molar-refractivity contribution in [3.8, 4) is 0 Å². The van der Waals surface area contributed by atoms with E-state index in [1.807, 2.05) is 30.3 Å². The fraction of sp³-hybridized carbons (Fsp3) is 0.273. The first-order chi connectivity index (χ1) is 14.5. The number of para-hydroxylation sites is 2. The number of nitrogens with zero attached hydrogens (tertiary/aromatic N) is 4. The average molecular weight is 420 g/mol. The van der Waals surface area contributed by atoms with Gasteiger partial charge < -0.3 is 4.90 Å². The highest BCUT2D eigenvalue weighted by Gasteiger charge is 2.23. The minimum atomic E-state index is -0.336. The van der Waals surface area contributed by atoms with Crippen LogP contribution in [0.2, 0.25) is 0 Å². The first-order valence-electron chi connectivity index (χ1n) is 9.96. The van der Waals surface area contributed by atoms with Crippen LogP contribution in [0.4, 0.5) is 11.4 Å². The van der Waals surface area contributed by atoms with Crippen molar-refractivity contribution < 1.29 is 4.92 Å². The molecule has 0 saturated carbocycles. The van der Waals surface area contributed by atoms with Crippen LogP contribution < -0.4 is 15.0 Å². The van der Waals surface area contributed by atoms with E-state index in [-0.39, 0.29) is 16.2 Å². The lowest BCUT2D eigenvalue weighted by atomic mass is 9.98. The molecule has 152 valence electrons. The summed E-state index contributed by atoms with van der Waals surface area (Å²) in [6.07, 6.45) is 3.78. The molecule has 0 radical (unpaired) electrons. The predicted octanol–water partition coefficient (Wildman–Crippen LogP) is 3.60. The highest BCUT2D eigenvalue weighted by molar-refractivity contribution is 7.15. The number of thiazole rings is 1. The lowest BCUT2D eigenvalue weighted by Crippen LogP contribution is -2.33. The fourth-order valence-corrected chi connectivity index (χ4v) is 5.04. The van der Waals surface area contributed by atoms with E-state index in [4.69, 9.17) is 0 Å². The van der Waals surface area contributed by atoms with Crippen molar-refractivity contribution in [2.45, 2.75) is 19.8 Å². The number of rotatable bonds is 3. The normalized spacial score (nSPS) is 16.0. The lowest BCUT2D eigenvalue weighted by molar-refractivity contribution is -0.384. The molecule has 2 aromatic heterocycles. The maximum atomic E-state index is 12.9. The summed E-state index contributed by atoms with van der Waals surface area (Å²) in [5.41, 5.74) is 2.77. The Morgan fingerprint density at radius 3 is 2.73 bits per heavy atom. The van der Waals surface area contributed by atoms with Crippen molar-refractivity contribution >= 4 is 44.8 Å². The quantitative estimate of drug-likeness (QED) is 0.374. The minimum absolute atomic E-state index is 0.0811. The van der Waals surface area contributed by atoms with Crippen LogP contribution in [0.3, 0.4) is 0 Å². The van der Waals surface area contributed by atoms with Crippen LogP contribution in [0.5, 0.6) is 0 Å². The summed E-state index contributed by atoms with van der Waals surface area (Å²) in [5, 5.41) is 11.7. The number of fused-ring (bicyclic) bond motifs is 3. The number of hydrogen-bond acceptors (Lipinski definition) is 6. The summed E-state index contributed by atoms with van der Waals surface area (Å²) in [5.74, 6) is 0.650. The number of imidazole rings is 1. The predicted molar refractivity (Wildman–Crippen MR) is 119 cm³/mol. The van der Waals surface area contributed by atoms with E-state index in [1.165, 1.54) is 11.3 Å². The molecule has 0 aliphatic carbocycles. The van der Waals surface area contributed by atoms with Crippen LogP contribution >= 0.6 is 11.3 Å². The van der Waals surface area contributed by atoms with Gasteiger partial charge in [0.15, 0.2) is 4.96 Å². The molecule has 8 heteroatoms. The fourth-order valence-electron chi connectivity index (χ4n) is 4.06. The molecule has 1 aliphatic heterocycles. The average Bonchev–Trinajstić information content (AvgIpc) is 3.25. The number of nitro groups is 1. The molecule has 0 bridgehead atoms. The van der Waals surface area contributed by atoms with Gasteiger partial charge in [0.2, 0.25) is 0 Å². The third kappa shape index (κ3) is 3.13. The van der Waals surface area contributed by atoms with Gasteiger partial charge in [0.1, 0.15) is 5.69 Å². The largest absolute Gasteiger partial charge is 0.366 e. The first-order valence-corrected chi connectivity index (χ1v) is 10.8. The Hall–Kier alpha value is -3.26. The van der Waals surface area contributed by atoms with Crippen molar-refractivity contribution in [3.05, 3.63) is 73.0 Å². The van der Waals surface area contributed by atoms with Gasteiger partial charge in [0.05, 0.1) is 20.5 Å². The van der Waals surface area contributed by atoms with Crippen LogP contribution in [0.15, 0.2) is 47.3 Å². The Morgan fingerprint density at radius 1 is 1.20 bits per heavy atom. The molecule has 5 rings (SSSR count). The van der Waals surface area contributed by atoms with E-state index < -0.39 is 0 Å². The highest BCUT2D eigenvalue weighted by Crippen LogP contribution is 2.32. The van der Waals surface area contributed by atoms with Crippen molar-refractivity contribution in [1.29, 1.82) is 0 Å². The number of nitro benzene ring substituents is 1. The summed E-state index contributed by atoms with van der Waals surface area (Å²) in [6, 6.07) is 12.7. The monoisotopic (exact) mass is 420 g/mol. The molecule has 7 nitrogen and oxygen atoms in total. The molecule has 30 heavy (non-hydrogen) atoms. The molecular weight excluding hydrogens is 400 g/mol. The van der Waals surface area contributed by atoms with Gasteiger partial charge in [0, 0.05) is 19.2 Å². The molecule has 0 unspecified atom stereocenters. The van der Waals surface area contributed by atoms with Crippen LogP contribution in [0.25, 0.3) is 22.1 Å². The summed E-state index contributed by atoms with van der Waals surface area (Å²) in [7, 11) is 0. The zero-order chi connectivity index (χ0) is 20.8. The number of piperidine rings is 1. The second-order valence-electron chi connectivity index (χ2n) is 7.81. The molecule has 0 N–H and O–H groups in total. The maximum Gasteiger partial charge on any atom is 0.293 e. The Bertz CT molecular complexity index is 1380. The van der Waals surface area contributed by atoms with E-state index in [9.17, 15) is 14.9 Å². The van der Waals surface area contributed by atoms with Crippen LogP contribution in [0, 0.1) is 16.0 Å². The van der Waals surface area contributed by atoms with Crippen LogP contribution in [-0.4, -0.2) is 27.4 Å². The Morgan fingerprint density at radius 2 is 1.97 bits per heavy atom. The number of benzene rings is 2. The van der Waals surface area contributed by atoms with Gasteiger partial charge in [-0.3, -0.25) is 14.9 Å². The number of aromatic nitrogens is 2. The molecule has 3 heterocycles. The van der Waals surface area contributed by atoms with Gasteiger partial charge in [-0.1, -0.05) is 36.5 Å². The van der Waals surface area contributed by atoms with E-state index in [1.54, 1.807) is 22.6 Å². The van der Waals surface area contributed by atoms with Crippen molar-refractivity contribution in [2.24, 2.45) is 5.92 Å². The molecule has 0 spiro atoms. The first kappa shape index (κ1) is 18.7.